The Bertz CT molecular complexity index is 356. The zero-order valence-corrected chi connectivity index (χ0v) is 10.7. The summed E-state index contributed by atoms with van der Waals surface area (Å²) in [6, 6.07) is 2.20. The predicted octanol–water partition coefficient (Wildman–Crippen LogP) is 3.12. The van der Waals surface area contributed by atoms with Gasteiger partial charge in [-0.1, -0.05) is 0 Å². The Labute approximate surface area is 101 Å². The highest BCUT2D eigenvalue weighted by Crippen LogP contribution is 2.29. The summed E-state index contributed by atoms with van der Waals surface area (Å²) in [5.41, 5.74) is 1.46. The number of hydrogen-bond acceptors (Lipinski definition) is 3. The van der Waals surface area contributed by atoms with Crippen LogP contribution in [0.5, 0.6) is 0 Å². The number of aryl methyl sites for hydroxylation is 2. The fourth-order valence-corrected chi connectivity index (χ4v) is 3.33. The predicted molar refractivity (Wildman–Crippen MR) is 65.9 cm³/mol. The maximum Gasteiger partial charge on any atom is 0.311 e. The van der Waals surface area contributed by atoms with Gasteiger partial charge in [-0.15, -0.1) is 11.3 Å². The highest BCUT2D eigenvalue weighted by Gasteiger charge is 2.15. The Balaban J connectivity index is 1.99. The van der Waals surface area contributed by atoms with Gasteiger partial charge in [-0.05, 0) is 51.2 Å². The van der Waals surface area contributed by atoms with Gasteiger partial charge in [0.2, 0.25) is 0 Å². The molecule has 88 valence electrons. The average Bonchev–Trinajstić information content (AvgIpc) is 2.57. The van der Waals surface area contributed by atoms with Crippen LogP contribution in [0.2, 0.25) is 0 Å². The van der Waals surface area contributed by atoms with Crippen molar-refractivity contribution in [2.45, 2.75) is 52.1 Å². The SMILES string of the molecule is CC(C)OC(=O)Cc1cc2c(s1)CCCC2. The molecule has 0 spiro atoms. The molecule has 0 N–H and O–H groups in total. The van der Waals surface area contributed by atoms with Crippen LogP contribution >= 0.6 is 11.3 Å². The van der Waals surface area contributed by atoms with Crippen LogP contribution in [0.4, 0.5) is 0 Å². The third kappa shape index (κ3) is 2.85. The second kappa shape index (κ2) is 5.00. The zero-order chi connectivity index (χ0) is 11.5. The van der Waals surface area contributed by atoms with Gasteiger partial charge in [-0.3, -0.25) is 4.79 Å². The summed E-state index contributed by atoms with van der Waals surface area (Å²) in [6.45, 7) is 3.77. The molecule has 0 bridgehead atoms. The van der Waals surface area contributed by atoms with Gasteiger partial charge in [-0.25, -0.2) is 0 Å². The fraction of sp³-hybridized carbons (Fsp3) is 0.615. The van der Waals surface area contributed by atoms with E-state index >= 15 is 0 Å². The summed E-state index contributed by atoms with van der Waals surface area (Å²) in [7, 11) is 0. The van der Waals surface area contributed by atoms with Crippen molar-refractivity contribution in [1.82, 2.24) is 0 Å². The number of thiophene rings is 1. The van der Waals surface area contributed by atoms with E-state index in [1.54, 1.807) is 11.3 Å². The molecule has 0 atom stereocenters. The molecule has 0 saturated carbocycles. The van der Waals surface area contributed by atoms with Crippen LogP contribution in [0.15, 0.2) is 6.07 Å². The molecular weight excluding hydrogens is 220 g/mol. The van der Waals surface area contributed by atoms with E-state index in [9.17, 15) is 4.79 Å². The highest BCUT2D eigenvalue weighted by molar-refractivity contribution is 7.12. The van der Waals surface area contributed by atoms with Gasteiger partial charge in [0.15, 0.2) is 0 Å². The number of ether oxygens (including phenoxy) is 1. The number of hydrogen-bond donors (Lipinski definition) is 0. The van der Waals surface area contributed by atoms with Gasteiger partial charge in [0.1, 0.15) is 0 Å². The molecule has 1 aliphatic rings. The molecule has 1 aromatic rings. The van der Waals surface area contributed by atoms with Gasteiger partial charge < -0.3 is 4.74 Å². The molecule has 2 nitrogen and oxygen atoms in total. The molecule has 3 heteroatoms. The molecule has 0 radical (unpaired) electrons. The molecule has 1 heterocycles. The standard InChI is InChI=1S/C13H18O2S/c1-9(2)15-13(14)8-11-7-10-5-3-4-6-12(10)16-11/h7,9H,3-6,8H2,1-2H3. The molecule has 0 fully saturated rings. The van der Waals surface area contributed by atoms with Crippen LogP contribution in [0, 0.1) is 0 Å². The second-order valence-corrected chi connectivity index (χ2v) is 5.80. The topological polar surface area (TPSA) is 26.3 Å². The summed E-state index contributed by atoms with van der Waals surface area (Å²) in [6.07, 6.45) is 5.39. The summed E-state index contributed by atoms with van der Waals surface area (Å²) in [4.78, 5) is 14.2. The molecule has 2 rings (SSSR count). The Morgan fingerprint density at radius 1 is 1.44 bits per heavy atom. The molecule has 0 unspecified atom stereocenters. The normalized spacial score (nSPS) is 14.9. The third-order valence-corrected chi connectivity index (χ3v) is 3.97. The van der Waals surface area contributed by atoms with E-state index in [0.29, 0.717) is 6.42 Å². The van der Waals surface area contributed by atoms with E-state index in [1.807, 2.05) is 13.8 Å². The van der Waals surface area contributed by atoms with Crippen molar-refractivity contribution in [3.63, 3.8) is 0 Å². The highest BCUT2D eigenvalue weighted by atomic mass is 32.1. The number of carbonyl (C=O) groups excluding carboxylic acids is 1. The van der Waals surface area contributed by atoms with E-state index in [1.165, 1.54) is 36.1 Å². The molecule has 1 aromatic heterocycles. The van der Waals surface area contributed by atoms with Crippen molar-refractivity contribution in [1.29, 1.82) is 0 Å². The summed E-state index contributed by atoms with van der Waals surface area (Å²) in [5.74, 6) is -0.103. The van der Waals surface area contributed by atoms with Gasteiger partial charge >= 0.3 is 5.97 Å². The Kier molecular flexibility index (Phi) is 3.64. The van der Waals surface area contributed by atoms with Crippen LogP contribution in [0.3, 0.4) is 0 Å². The van der Waals surface area contributed by atoms with Crippen LogP contribution in [-0.4, -0.2) is 12.1 Å². The Morgan fingerprint density at radius 3 is 2.88 bits per heavy atom. The Morgan fingerprint density at radius 2 is 2.19 bits per heavy atom. The van der Waals surface area contributed by atoms with E-state index in [4.69, 9.17) is 4.74 Å². The largest absolute Gasteiger partial charge is 0.463 e. The lowest BCUT2D eigenvalue weighted by atomic mass is 9.99. The first-order valence-corrected chi connectivity index (χ1v) is 6.76. The van der Waals surface area contributed by atoms with E-state index in [2.05, 4.69) is 6.07 Å². The minimum atomic E-state index is -0.103. The zero-order valence-electron chi connectivity index (χ0n) is 9.91. The van der Waals surface area contributed by atoms with Crippen molar-refractivity contribution in [3.8, 4) is 0 Å². The van der Waals surface area contributed by atoms with Crippen molar-refractivity contribution >= 4 is 17.3 Å². The first-order valence-electron chi connectivity index (χ1n) is 5.95. The van der Waals surface area contributed by atoms with Crippen LogP contribution in [-0.2, 0) is 28.8 Å². The van der Waals surface area contributed by atoms with Gasteiger partial charge in [-0.2, -0.15) is 0 Å². The maximum atomic E-state index is 11.5. The van der Waals surface area contributed by atoms with E-state index in [0.717, 1.165) is 4.88 Å². The molecule has 0 aliphatic heterocycles. The quantitative estimate of drug-likeness (QED) is 0.756. The monoisotopic (exact) mass is 238 g/mol. The van der Waals surface area contributed by atoms with Crippen molar-refractivity contribution in [2.75, 3.05) is 0 Å². The van der Waals surface area contributed by atoms with Crippen LogP contribution in [0.1, 0.15) is 42.0 Å². The lowest BCUT2D eigenvalue weighted by molar-refractivity contribution is -0.146. The molecular formula is C13H18O2S. The molecule has 1 aliphatic carbocycles. The summed E-state index contributed by atoms with van der Waals surface area (Å²) in [5, 5.41) is 0. The minimum Gasteiger partial charge on any atom is -0.463 e. The smallest absolute Gasteiger partial charge is 0.311 e. The first-order chi connectivity index (χ1) is 7.65. The summed E-state index contributed by atoms with van der Waals surface area (Å²) < 4.78 is 5.15. The number of esters is 1. The number of rotatable bonds is 3. The summed E-state index contributed by atoms with van der Waals surface area (Å²) >= 11 is 1.79. The lowest BCUT2D eigenvalue weighted by Crippen LogP contribution is -2.12. The van der Waals surface area contributed by atoms with Gasteiger partial charge in [0.25, 0.3) is 0 Å². The van der Waals surface area contributed by atoms with Gasteiger partial charge in [0, 0.05) is 9.75 Å². The van der Waals surface area contributed by atoms with Crippen molar-refractivity contribution in [2.24, 2.45) is 0 Å². The molecule has 16 heavy (non-hydrogen) atoms. The molecule has 0 amide bonds. The van der Waals surface area contributed by atoms with Crippen molar-refractivity contribution in [3.05, 3.63) is 21.4 Å². The number of fused-ring (bicyclic) bond motifs is 1. The van der Waals surface area contributed by atoms with E-state index in [-0.39, 0.29) is 12.1 Å². The van der Waals surface area contributed by atoms with Crippen LogP contribution in [0.25, 0.3) is 0 Å². The average molecular weight is 238 g/mol. The van der Waals surface area contributed by atoms with Crippen molar-refractivity contribution < 1.29 is 9.53 Å². The first kappa shape index (κ1) is 11.6. The number of carbonyl (C=O) groups is 1. The Hall–Kier alpha value is -0.830. The lowest BCUT2D eigenvalue weighted by Gasteiger charge is -2.08. The van der Waals surface area contributed by atoms with Crippen LogP contribution < -0.4 is 0 Å². The van der Waals surface area contributed by atoms with Gasteiger partial charge in [0.05, 0.1) is 12.5 Å². The maximum absolute atomic E-state index is 11.5. The minimum absolute atomic E-state index is 0.0120. The molecule has 0 saturated heterocycles. The fourth-order valence-electron chi connectivity index (χ4n) is 2.09. The molecule has 0 aromatic carbocycles. The second-order valence-electron chi connectivity index (χ2n) is 4.58. The van der Waals surface area contributed by atoms with E-state index < -0.39 is 0 Å². The third-order valence-electron chi connectivity index (χ3n) is 2.73.